The summed E-state index contributed by atoms with van der Waals surface area (Å²) in [5.41, 5.74) is 0.830. The average Bonchev–Trinajstić information content (AvgIpc) is 3.90. The van der Waals surface area contributed by atoms with Crippen LogP contribution < -0.4 is 19.5 Å². The first-order valence-electron chi connectivity index (χ1n) is 17.4. The number of aliphatic hydroxyl groups is 1. The molecule has 1 amide bonds. The Morgan fingerprint density at radius 1 is 1.06 bits per heavy atom. The van der Waals surface area contributed by atoms with Crippen molar-refractivity contribution in [3.8, 4) is 17.2 Å². The van der Waals surface area contributed by atoms with E-state index in [1.165, 1.54) is 29.3 Å². The first kappa shape index (κ1) is 35.7. The molecular formula is C35H49N3O10S. The zero-order valence-corrected chi connectivity index (χ0v) is 29.1. The molecule has 3 saturated heterocycles. The third kappa shape index (κ3) is 9.16. The van der Waals surface area contributed by atoms with Gasteiger partial charge in [-0.3, -0.25) is 0 Å². The summed E-state index contributed by atoms with van der Waals surface area (Å²) in [7, 11) is -4.05. The van der Waals surface area contributed by atoms with Crippen molar-refractivity contribution < 1.29 is 46.7 Å². The van der Waals surface area contributed by atoms with E-state index >= 15 is 0 Å². The minimum atomic E-state index is -4.05. The van der Waals surface area contributed by atoms with E-state index in [1.54, 1.807) is 6.07 Å². The Morgan fingerprint density at radius 2 is 1.84 bits per heavy atom. The molecule has 2 aromatic rings. The molecule has 0 radical (unpaired) electrons. The van der Waals surface area contributed by atoms with E-state index < -0.39 is 34.4 Å². The molecule has 3 fully saturated rings. The van der Waals surface area contributed by atoms with E-state index in [2.05, 4.69) is 10.2 Å². The lowest BCUT2D eigenvalue weighted by molar-refractivity contribution is -0.0907. The highest BCUT2D eigenvalue weighted by Gasteiger charge is 2.44. The lowest BCUT2D eigenvalue weighted by atomic mass is 10.0. The minimum Gasteiger partial charge on any atom is -0.494 e. The quantitative estimate of drug-likeness (QED) is 0.248. The molecule has 6 rings (SSSR count). The summed E-state index contributed by atoms with van der Waals surface area (Å²) >= 11 is 0. The van der Waals surface area contributed by atoms with E-state index in [0.717, 1.165) is 43.8 Å². The molecule has 2 aromatic carbocycles. The molecule has 0 unspecified atom stereocenters. The number of hydrogen-bond acceptors (Lipinski definition) is 11. The number of rotatable bonds is 16. The summed E-state index contributed by atoms with van der Waals surface area (Å²) in [6, 6.07) is 11.1. The number of likely N-dealkylation sites (tertiary alicyclic amines) is 1. The van der Waals surface area contributed by atoms with Crippen molar-refractivity contribution in [3.05, 3.63) is 48.0 Å². The summed E-state index contributed by atoms with van der Waals surface area (Å²) in [5, 5.41) is 14.5. The number of hydrogen-bond donors (Lipinski definition) is 2. The van der Waals surface area contributed by atoms with E-state index in [9.17, 15) is 18.3 Å². The van der Waals surface area contributed by atoms with Crippen molar-refractivity contribution in [2.45, 2.75) is 75.4 Å². The van der Waals surface area contributed by atoms with Crippen LogP contribution in [-0.2, 0) is 30.7 Å². The van der Waals surface area contributed by atoms with Crippen LogP contribution in [-0.4, -0.2) is 113 Å². The van der Waals surface area contributed by atoms with Crippen LogP contribution >= 0.6 is 0 Å². The average molecular weight is 704 g/mol. The third-order valence-corrected chi connectivity index (χ3v) is 11.2. The topological polar surface area (TPSA) is 145 Å². The Kier molecular flexibility index (Phi) is 11.8. The largest absolute Gasteiger partial charge is 0.494 e. The molecule has 13 nitrogen and oxygen atoms in total. The molecule has 4 aliphatic heterocycles. The van der Waals surface area contributed by atoms with Crippen LogP contribution in [0.15, 0.2) is 47.4 Å². The molecule has 2 N–H and O–H groups in total. The number of nitrogens with zero attached hydrogens (tertiary/aromatic N) is 2. The molecule has 0 saturated carbocycles. The van der Waals surface area contributed by atoms with Gasteiger partial charge < -0.3 is 43.7 Å². The number of amides is 1. The van der Waals surface area contributed by atoms with Crippen LogP contribution in [0.1, 0.15) is 45.1 Å². The zero-order chi connectivity index (χ0) is 34.4. The fourth-order valence-corrected chi connectivity index (χ4v) is 8.45. The van der Waals surface area contributed by atoms with Crippen molar-refractivity contribution in [2.75, 3.05) is 59.3 Å². The van der Waals surface area contributed by atoms with E-state index in [-0.39, 0.29) is 55.9 Å². The summed E-state index contributed by atoms with van der Waals surface area (Å²) in [6.07, 6.45) is 1.58. The minimum absolute atomic E-state index is 0.0178. The van der Waals surface area contributed by atoms with Crippen molar-refractivity contribution in [3.63, 3.8) is 0 Å². The smallest absolute Gasteiger partial charge is 0.407 e. The summed E-state index contributed by atoms with van der Waals surface area (Å²) in [5.74, 6) is 1.46. The standard InChI is InChI=1S/C35H49N3O10S/c1-24(2)20-38(49(41,42)27-10-11-31-32(19-27)47-23-46-31)21-30(39)29(36-35(40)48-33-22-45-34-28(33)12-17-44-34)18-25-6-8-26(9-7-25)43-16-5-15-37-13-3-4-14-37/h6-11,19,24,28-30,33-34,39H,3-5,12-18,20-23H2,1-2H3,(H,36,40)/t28-,29-,30+,33-,34+/m0/s1. The van der Waals surface area contributed by atoms with Crippen LogP contribution in [0.3, 0.4) is 0 Å². The number of benzene rings is 2. The van der Waals surface area contributed by atoms with Gasteiger partial charge in [0.1, 0.15) is 11.9 Å². The number of carbonyl (C=O) groups excluding carboxylic acids is 1. The molecule has 4 aliphatic rings. The van der Waals surface area contributed by atoms with E-state index in [1.807, 2.05) is 38.1 Å². The first-order valence-corrected chi connectivity index (χ1v) is 18.8. The molecule has 4 heterocycles. The molecule has 14 heteroatoms. The van der Waals surface area contributed by atoms with E-state index in [4.69, 9.17) is 28.4 Å². The Bertz CT molecular complexity index is 1500. The number of alkyl carbamates (subject to hydrolysis) is 1. The fraction of sp³-hybridized carbons (Fsp3) is 0.629. The highest BCUT2D eigenvalue weighted by Crippen LogP contribution is 2.35. The molecular weight excluding hydrogens is 654 g/mol. The number of nitrogens with one attached hydrogen (secondary N) is 1. The van der Waals surface area contributed by atoms with Gasteiger partial charge in [0.2, 0.25) is 16.8 Å². The van der Waals surface area contributed by atoms with Gasteiger partial charge in [-0.2, -0.15) is 4.31 Å². The van der Waals surface area contributed by atoms with Gasteiger partial charge in [-0.15, -0.1) is 0 Å². The van der Waals surface area contributed by atoms with Crippen molar-refractivity contribution >= 4 is 16.1 Å². The summed E-state index contributed by atoms with van der Waals surface area (Å²) < 4.78 is 62.8. The maximum Gasteiger partial charge on any atom is 0.407 e. The molecule has 49 heavy (non-hydrogen) atoms. The number of ether oxygens (including phenoxy) is 6. The van der Waals surface area contributed by atoms with Crippen molar-refractivity contribution in [1.29, 1.82) is 0 Å². The molecule has 0 bridgehead atoms. The SMILES string of the molecule is CC(C)CN(C[C@@H](O)[C@H](Cc1ccc(OCCCN2CCCC2)cc1)NC(=O)O[C@H]1CO[C@H]2OCC[C@H]21)S(=O)(=O)c1ccc2c(c1)OCO2. The van der Waals surface area contributed by atoms with Gasteiger partial charge in [0.05, 0.1) is 42.8 Å². The second-order valence-corrected chi connectivity index (χ2v) is 15.6. The van der Waals surface area contributed by atoms with Crippen LogP contribution in [0, 0.1) is 11.8 Å². The van der Waals surface area contributed by atoms with Gasteiger partial charge in [-0.05, 0) is 80.9 Å². The van der Waals surface area contributed by atoms with Crippen LogP contribution in [0.2, 0.25) is 0 Å². The second kappa shape index (κ2) is 16.3. The van der Waals surface area contributed by atoms with Crippen LogP contribution in [0.25, 0.3) is 0 Å². The van der Waals surface area contributed by atoms with Gasteiger partial charge in [0, 0.05) is 25.7 Å². The number of fused-ring (bicyclic) bond motifs is 2. The lowest BCUT2D eigenvalue weighted by Crippen LogP contribution is -2.51. The van der Waals surface area contributed by atoms with Gasteiger partial charge in [-0.25, -0.2) is 13.2 Å². The molecule has 0 spiro atoms. The third-order valence-electron chi connectivity index (χ3n) is 9.42. The van der Waals surface area contributed by atoms with Crippen LogP contribution in [0.5, 0.6) is 17.2 Å². The predicted octanol–water partition coefficient (Wildman–Crippen LogP) is 3.39. The Hall–Kier alpha value is -3.14. The second-order valence-electron chi connectivity index (χ2n) is 13.6. The highest BCUT2D eigenvalue weighted by molar-refractivity contribution is 7.89. The van der Waals surface area contributed by atoms with Crippen LogP contribution in [0.4, 0.5) is 4.79 Å². The number of carbonyl (C=O) groups is 1. The monoisotopic (exact) mass is 703 g/mol. The molecule has 270 valence electrons. The van der Waals surface area contributed by atoms with Crippen molar-refractivity contribution in [2.24, 2.45) is 11.8 Å². The van der Waals surface area contributed by atoms with E-state index in [0.29, 0.717) is 24.7 Å². The van der Waals surface area contributed by atoms with Gasteiger partial charge in [0.25, 0.3) is 0 Å². The fourth-order valence-electron chi connectivity index (χ4n) is 6.81. The Morgan fingerprint density at radius 3 is 2.61 bits per heavy atom. The normalized spacial score (nSPS) is 23.2. The predicted molar refractivity (Wildman–Crippen MR) is 179 cm³/mol. The number of aliphatic hydroxyl groups excluding tert-OH is 1. The lowest BCUT2D eigenvalue weighted by Gasteiger charge is -2.31. The first-order chi connectivity index (χ1) is 23.7. The number of sulfonamides is 1. The summed E-state index contributed by atoms with van der Waals surface area (Å²) in [6.45, 7) is 8.45. The highest BCUT2D eigenvalue weighted by atomic mass is 32.2. The van der Waals surface area contributed by atoms with Gasteiger partial charge in [0.15, 0.2) is 17.8 Å². The van der Waals surface area contributed by atoms with Gasteiger partial charge in [-0.1, -0.05) is 26.0 Å². The molecule has 5 atom stereocenters. The molecule has 0 aromatic heterocycles. The molecule has 0 aliphatic carbocycles. The van der Waals surface area contributed by atoms with Crippen molar-refractivity contribution in [1.82, 2.24) is 14.5 Å². The Balaban J connectivity index is 1.14. The van der Waals surface area contributed by atoms with Gasteiger partial charge >= 0.3 is 6.09 Å². The zero-order valence-electron chi connectivity index (χ0n) is 28.3. The maximum atomic E-state index is 13.9. The Labute approximate surface area is 288 Å². The summed E-state index contributed by atoms with van der Waals surface area (Å²) in [4.78, 5) is 15.7. The maximum absolute atomic E-state index is 13.9.